The van der Waals surface area contributed by atoms with E-state index in [-0.39, 0.29) is 5.91 Å². The van der Waals surface area contributed by atoms with E-state index in [1.54, 1.807) is 0 Å². The van der Waals surface area contributed by atoms with Gasteiger partial charge in [0.05, 0.1) is 0 Å². The fourth-order valence-electron chi connectivity index (χ4n) is 1.05. The SMILES string of the molecule is CCCCCCC(=O)N/N=C(\C)C(C)C. The van der Waals surface area contributed by atoms with E-state index in [0.29, 0.717) is 12.3 Å². The van der Waals surface area contributed by atoms with Crippen molar-refractivity contribution in [2.75, 3.05) is 0 Å². The lowest BCUT2D eigenvalue weighted by atomic mass is 10.1. The van der Waals surface area contributed by atoms with Crippen LogP contribution in [-0.2, 0) is 4.79 Å². The minimum atomic E-state index is 0.0334. The smallest absolute Gasteiger partial charge is 0.240 e. The summed E-state index contributed by atoms with van der Waals surface area (Å²) in [5.41, 5.74) is 3.56. The van der Waals surface area contributed by atoms with Crippen molar-refractivity contribution in [3.05, 3.63) is 0 Å². The third-order valence-corrected chi connectivity index (χ3v) is 2.45. The molecule has 0 aromatic heterocycles. The van der Waals surface area contributed by atoms with Crippen LogP contribution in [0.1, 0.15) is 59.8 Å². The Morgan fingerprint density at radius 2 is 1.93 bits per heavy atom. The summed E-state index contributed by atoms with van der Waals surface area (Å²) < 4.78 is 0. The minimum Gasteiger partial charge on any atom is -0.273 e. The van der Waals surface area contributed by atoms with E-state index in [2.05, 4.69) is 31.3 Å². The molecule has 0 rings (SSSR count). The molecule has 0 unspecified atom stereocenters. The Morgan fingerprint density at radius 3 is 2.47 bits per heavy atom. The highest BCUT2D eigenvalue weighted by atomic mass is 16.2. The van der Waals surface area contributed by atoms with Crippen molar-refractivity contribution in [1.29, 1.82) is 0 Å². The fourth-order valence-corrected chi connectivity index (χ4v) is 1.05. The van der Waals surface area contributed by atoms with E-state index in [9.17, 15) is 4.79 Å². The van der Waals surface area contributed by atoms with Crippen LogP contribution in [0.2, 0.25) is 0 Å². The molecule has 15 heavy (non-hydrogen) atoms. The number of carbonyl (C=O) groups excluding carboxylic acids is 1. The van der Waals surface area contributed by atoms with Gasteiger partial charge in [0.25, 0.3) is 0 Å². The first-order valence-electron chi connectivity index (χ1n) is 5.91. The summed E-state index contributed by atoms with van der Waals surface area (Å²) >= 11 is 0. The zero-order valence-electron chi connectivity index (χ0n) is 10.5. The Hall–Kier alpha value is -0.860. The van der Waals surface area contributed by atoms with Crippen LogP contribution in [0.25, 0.3) is 0 Å². The van der Waals surface area contributed by atoms with Gasteiger partial charge in [-0.05, 0) is 19.3 Å². The summed E-state index contributed by atoms with van der Waals surface area (Å²) in [6, 6.07) is 0. The first-order chi connectivity index (χ1) is 7.07. The Kier molecular flexibility index (Phi) is 7.96. The van der Waals surface area contributed by atoms with Gasteiger partial charge in [0.15, 0.2) is 0 Å². The lowest BCUT2D eigenvalue weighted by Gasteiger charge is -2.04. The average Bonchev–Trinajstić information content (AvgIpc) is 2.20. The molecule has 0 spiro atoms. The van der Waals surface area contributed by atoms with Gasteiger partial charge in [-0.3, -0.25) is 4.79 Å². The van der Waals surface area contributed by atoms with Gasteiger partial charge in [0, 0.05) is 12.1 Å². The molecule has 0 bridgehead atoms. The highest BCUT2D eigenvalue weighted by Gasteiger charge is 2.01. The van der Waals surface area contributed by atoms with Crippen molar-refractivity contribution in [3.63, 3.8) is 0 Å². The average molecular weight is 212 g/mol. The Morgan fingerprint density at radius 1 is 1.27 bits per heavy atom. The van der Waals surface area contributed by atoms with Crippen LogP contribution in [0.15, 0.2) is 5.10 Å². The first-order valence-corrected chi connectivity index (χ1v) is 5.91. The molecule has 3 heteroatoms. The second kappa shape index (κ2) is 8.45. The summed E-state index contributed by atoms with van der Waals surface area (Å²) in [5.74, 6) is 0.427. The van der Waals surface area contributed by atoms with Crippen molar-refractivity contribution in [2.45, 2.75) is 59.8 Å². The summed E-state index contributed by atoms with van der Waals surface area (Å²) in [6.07, 6.45) is 5.11. The van der Waals surface area contributed by atoms with Crippen LogP contribution in [-0.4, -0.2) is 11.6 Å². The molecule has 0 aromatic rings. The number of nitrogens with zero attached hydrogens (tertiary/aromatic N) is 1. The van der Waals surface area contributed by atoms with Gasteiger partial charge < -0.3 is 0 Å². The molecule has 0 radical (unpaired) electrons. The standard InChI is InChI=1S/C12H24N2O/c1-5-6-7-8-9-12(15)14-13-11(4)10(2)3/h10H,5-9H2,1-4H3,(H,14,15)/b13-11+. The molecule has 0 aliphatic heterocycles. The summed E-state index contributed by atoms with van der Waals surface area (Å²) in [4.78, 5) is 11.3. The van der Waals surface area contributed by atoms with Crippen LogP contribution >= 0.6 is 0 Å². The van der Waals surface area contributed by atoms with E-state index in [1.807, 2.05) is 6.92 Å². The van der Waals surface area contributed by atoms with Gasteiger partial charge in [-0.15, -0.1) is 0 Å². The quantitative estimate of drug-likeness (QED) is 0.393. The molecule has 0 atom stereocenters. The molecule has 0 aliphatic carbocycles. The van der Waals surface area contributed by atoms with Crippen molar-refractivity contribution < 1.29 is 4.79 Å². The number of hydrogen-bond acceptors (Lipinski definition) is 2. The van der Waals surface area contributed by atoms with Crippen LogP contribution in [0, 0.1) is 5.92 Å². The second-order valence-electron chi connectivity index (χ2n) is 4.25. The zero-order chi connectivity index (χ0) is 11.7. The maximum Gasteiger partial charge on any atom is 0.240 e. The predicted molar refractivity (Wildman–Crippen MR) is 64.8 cm³/mol. The highest BCUT2D eigenvalue weighted by molar-refractivity contribution is 5.85. The topological polar surface area (TPSA) is 41.5 Å². The molecule has 1 N–H and O–H groups in total. The Balaban J connectivity index is 3.61. The molecule has 88 valence electrons. The molecule has 0 saturated carbocycles. The van der Waals surface area contributed by atoms with Crippen molar-refractivity contribution in [2.24, 2.45) is 11.0 Å². The molecule has 0 aromatic carbocycles. The molecule has 1 amide bonds. The third kappa shape index (κ3) is 8.16. The fraction of sp³-hybridized carbons (Fsp3) is 0.833. The molecule has 0 aliphatic rings. The van der Waals surface area contributed by atoms with Gasteiger partial charge in [0.1, 0.15) is 0 Å². The van der Waals surface area contributed by atoms with Crippen LogP contribution in [0.4, 0.5) is 0 Å². The van der Waals surface area contributed by atoms with Gasteiger partial charge in [-0.1, -0.05) is 40.0 Å². The van der Waals surface area contributed by atoms with E-state index in [0.717, 1.165) is 18.6 Å². The maximum absolute atomic E-state index is 11.3. The monoisotopic (exact) mass is 212 g/mol. The van der Waals surface area contributed by atoms with Crippen molar-refractivity contribution in [1.82, 2.24) is 5.43 Å². The molecule has 0 saturated heterocycles. The third-order valence-electron chi connectivity index (χ3n) is 2.45. The van der Waals surface area contributed by atoms with Crippen LogP contribution in [0.3, 0.4) is 0 Å². The Bertz CT molecular complexity index is 210. The van der Waals surface area contributed by atoms with E-state index in [4.69, 9.17) is 0 Å². The van der Waals surface area contributed by atoms with Crippen molar-refractivity contribution >= 4 is 11.6 Å². The number of nitrogens with one attached hydrogen (secondary N) is 1. The summed E-state index contributed by atoms with van der Waals surface area (Å²) in [7, 11) is 0. The number of unbranched alkanes of at least 4 members (excludes halogenated alkanes) is 3. The lowest BCUT2D eigenvalue weighted by Crippen LogP contribution is -2.19. The Labute approximate surface area is 93.3 Å². The molecule has 0 fully saturated rings. The van der Waals surface area contributed by atoms with Crippen molar-refractivity contribution in [3.8, 4) is 0 Å². The van der Waals surface area contributed by atoms with Gasteiger partial charge >= 0.3 is 0 Å². The largest absolute Gasteiger partial charge is 0.273 e. The van der Waals surface area contributed by atoms with E-state index in [1.165, 1.54) is 12.8 Å². The van der Waals surface area contributed by atoms with Crippen LogP contribution < -0.4 is 5.43 Å². The maximum atomic E-state index is 11.3. The predicted octanol–water partition coefficient (Wildman–Crippen LogP) is 3.10. The second-order valence-corrected chi connectivity index (χ2v) is 4.25. The van der Waals surface area contributed by atoms with Gasteiger partial charge in [-0.2, -0.15) is 5.10 Å². The number of carbonyl (C=O) groups is 1. The number of amides is 1. The first kappa shape index (κ1) is 14.1. The van der Waals surface area contributed by atoms with E-state index >= 15 is 0 Å². The lowest BCUT2D eigenvalue weighted by molar-refractivity contribution is -0.121. The summed E-state index contributed by atoms with van der Waals surface area (Å²) in [5, 5.41) is 4.04. The number of hydrazone groups is 1. The van der Waals surface area contributed by atoms with Gasteiger partial charge in [-0.25, -0.2) is 5.43 Å². The molecular weight excluding hydrogens is 188 g/mol. The number of hydrogen-bond donors (Lipinski definition) is 1. The minimum absolute atomic E-state index is 0.0334. The van der Waals surface area contributed by atoms with Gasteiger partial charge in [0.2, 0.25) is 5.91 Å². The molecule has 3 nitrogen and oxygen atoms in total. The van der Waals surface area contributed by atoms with Crippen LogP contribution in [0.5, 0.6) is 0 Å². The summed E-state index contributed by atoms with van der Waals surface area (Å²) in [6.45, 7) is 8.22. The zero-order valence-corrected chi connectivity index (χ0v) is 10.5. The molecular formula is C12H24N2O. The van der Waals surface area contributed by atoms with E-state index < -0.39 is 0 Å². The molecule has 0 heterocycles. The number of rotatable bonds is 7. The highest BCUT2D eigenvalue weighted by Crippen LogP contribution is 2.02. The normalized spacial score (nSPS) is 11.9.